The fourth-order valence-corrected chi connectivity index (χ4v) is 13.1. The van der Waals surface area contributed by atoms with Crippen molar-refractivity contribution in [3.05, 3.63) is 135 Å². The predicted octanol–water partition coefficient (Wildman–Crippen LogP) is 9.85. The normalized spacial score (nSPS) is 21.0. The lowest BCUT2D eigenvalue weighted by Gasteiger charge is -2.63. The Labute approximate surface area is 442 Å². The van der Waals surface area contributed by atoms with Crippen LogP contribution < -0.4 is 29.1 Å². The first-order chi connectivity index (χ1) is 36.3. The Hall–Kier alpha value is -6.80. The number of nitro groups is 1. The number of carbonyl (C=O) groups is 1. The number of halogens is 1. The molecule has 1 atom stereocenters. The van der Waals surface area contributed by atoms with Crippen molar-refractivity contribution in [2.24, 2.45) is 11.3 Å². The summed E-state index contributed by atoms with van der Waals surface area (Å²) in [5.74, 6) is 0.579. The van der Waals surface area contributed by atoms with Gasteiger partial charge in [0.2, 0.25) is 0 Å². The number of aromatic amines is 1. The van der Waals surface area contributed by atoms with E-state index in [1.165, 1.54) is 53.3 Å². The Kier molecular flexibility index (Phi) is 14.5. The van der Waals surface area contributed by atoms with Gasteiger partial charge in [-0.1, -0.05) is 44.2 Å². The molecule has 0 bridgehead atoms. The number of ether oxygens (including phenoxy) is 3. The van der Waals surface area contributed by atoms with Crippen LogP contribution in [-0.4, -0.2) is 109 Å². The highest BCUT2D eigenvalue weighted by molar-refractivity contribution is 7.90. The van der Waals surface area contributed by atoms with Gasteiger partial charge in [0.25, 0.3) is 21.6 Å². The maximum Gasteiger partial charge on any atom is 0.293 e. The van der Waals surface area contributed by atoms with E-state index in [0.29, 0.717) is 37.0 Å². The Bertz CT molecular complexity index is 3270. The third kappa shape index (κ3) is 10.8. The first-order valence-electron chi connectivity index (χ1n) is 26.1. The number of nitro benzene ring substituents is 1. The number of hydrogen-bond acceptors (Lipinski definition) is 14. The zero-order valence-corrected chi connectivity index (χ0v) is 44.7. The summed E-state index contributed by atoms with van der Waals surface area (Å²) in [6.07, 6.45) is 7.32. The average molecular weight is 1060 g/mol. The van der Waals surface area contributed by atoms with Crippen molar-refractivity contribution in [3.63, 3.8) is 0 Å². The van der Waals surface area contributed by atoms with Crippen LogP contribution in [0.1, 0.15) is 104 Å². The van der Waals surface area contributed by atoms with Crippen LogP contribution in [0.3, 0.4) is 0 Å². The highest BCUT2D eigenvalue weighted by Gasteiger charge is 2.55. The number of anilines is 2. The van der Waals surface area contributed by atoms with Crippen LogP contribution in [-0.2, 0) is 16.6 Å². The van der Waals surface area contributed by atoms with E-state index in [0.717, 1.165) is 93.8 Å². The van der Waals surface area contributed by atoms with Gasteiger partial charge in [-0.25, -0.2) is 22.5 Å². The molecule has 19 heteroatoms. The number of amides is 1. The molecule has 4 N–H and O–H groups in total. The molecule has 76 heavy (non-hydrogen) atoms. The molecule has 4 aliphatic rings. The van der Waals surface area contributed by atoms with E-state index in [2.05, 4.69) is 85.0 Å². The van der Waals surface area contributed by atoms with Gasteiger partial charge in [0.05, 0.1) is 46.8 Å². The SMILES string of the molecule is COc1cc(CN2CCN(C3CC4(C3)CN(c3ccc(C(=O)NS(=O)(=O)c5ccc(NCC6CCC(C)(O)CC6)c([N+](=O)[O-])c5)c(Oc5cnc6[nH]cc(F)c6c5)c3)C4)[C@H](c3ccccc3C(C)C)C2)cc(C)c1OC. The second-order valence-corrected chi connectivity index (χ2v) is 23.7. The summed E-state index contributed by atoms with van der Waals surface area (Å²) in [4.78, 5) is 39.7. The molecule has 1 spiro atoms. The maximum absolute atomic E-state index is 14.7. The van der Waals surface area contributed by atoms with Crippen molar-refractivity contribution in [2.75, 3.05) is 63.7 Å². The van der Waals surface area contributed by atoms with Gasteiger partial charge in [0.15, 0.2) is 11.5 Å². The number of sulfonamides is 1. The molecular weight excluding hydrogens is 992 g/mol. The fourth-order valence-electron chi connectivity index (χ4n) is 12.1. The minimum atomic E-state index is -4.65. The number of rotatable bonds is 17. The van der Waals surface area contributed by atoms with Gasteiger partial charge < -0.3 is 34.5 Å². The zero-order valence-electron chi connectivity index (χ0n) is 43.9. The van der Waals surface area contributed by atoms with E-state index in [-0.39, 0.29) is 45.5 Å². The minimum absolute atomic E-state index is 0.0114. The van der Waals surface area contributed by atoms with Crippen molar-refractivity contribution >= 4 is 44.0 Å². The number of H-pyrrole nitrogens is 1. The van der Waals surface area contributed by atoms with Gasteiger partial charge in [-0.2, -0.15) is 0 Å². The fraction of sp³-hybridized carbons (Fsp3) is 0.439. The molecule has 2 aromatic heterocycles. The van der Waals surface area contributed by atoms with Crippen LogP contribution in [0.5, 0.6) is 23.0 Å². The first-order valence-corrected chi connectivity index (χ1v) is 27.6. The number of aliphatic hydroxyl groups is 1. The second kappa shape index (κ2) is 21.0. The number of nitrogens with zero attached hydrogens (tertiary/aromatic N) is 5. The summed E-state index contributed by atoms with van der Waals surface area (Å²) in [5, 5.41) is 25.9. The second-order valence-electron chi connectivity index (χ2n) is 22.0. The number of benzene rings is 4. The number of carbonyl (C=O) groups excluding carboxylic acids is 1. The molecule has 2 saturated heterocycles. The van der Waals surface area contributed by atoms with Crippen LogP contribution in [0, 0.1) is 34.2 Å². The van der Waals surface area contributed by atoms with Gasteiger partial charge in [0, 0.05) is 87.3 Å². The van der Waals surface area contributed by atoms with Crippen LogP contribution >= 0.6 is 0 Å². The predicted molar refractivity (Wildman–Crippen MR) is 289 cm³/mol. The number of nitrogens with one attached hydrogen (secondary N) is 3. The first kappa shape index (κ1) is 52.6. The summed E-state index contributed by atoms with van der Waals surface area (Å²) < 4.78 is 62.2. The molecule has 0 radical (unpaired) electrons. The molecule has 0 unspecified atom stereocenters. The van der Waals surface area contributed by atoms with E-state index in [9.17, 15) is 32.8 Å². The number of hydrogen-bond donors (Lipinski definition) is 4. The highest BCUT2D eigenvalue weighted by Crippen LogP contribution is 2.54. The molecule has 2 aliphatic carbocycles. The Morgan fingerprint density at radius 3 is 2.49 bits per heavy atom. The Balaban J connectivity index is 0.850. The molecule has 1 amide bonds. The minimum Gasteiger partial charge on any atom is -0.493 e. The Morgan fingerprint density at radius 1 is 1.00 bits per heavy atom. The number of aryl methyl sites for hydroxylation is 1. The van der Waals surface area contributed by atoms with Crippen molar-refractivity contribution in [1.29, 1.82) is 0 Å². The number of fused-ring (bicyclic) bond motifs is 1. The topological polar surface area (TPSA) is 205 Å². The molecule has 2 saturated carbocycles. The highest BCUT2D eigenvalue weighted by atomic mass is 32.2. The molecule has 6 aromatic rings. The standard InChI is InChI=1S/C57H67FN8O9S/c1-35(2)43-9-7-8-10-44(43)50-32-63(31-38-21-36(3)53(74-6)52(22-38)73-5)19-20-65(50)40-26-57(27-40)33-64(34-57)39-11-13-45(51(23-39)75-41-24-46-47(58)30-61-54(46)60-29-41)55(67)62-76(71,72)42-12-14-48(49(25-42)66(69)70)59-28-37-15-17-56(4,68)18-16-37/h7-14,21-25,29-30,35,37,40,50,59,68H,15-20,26-28,31-34H2,1-6H3,(H,60,61)(H,62,67)/t37?,50-,56?/m0/s1. The Morgan fingerprint density at radius 2 is 1.76 bits per heavy atom. The molecular formula is C57H67FN8O9S. The number of methoxy groups -OCH3 is 2. The van der Waals surface area contributed by atoms with Crippen LogP contribution in [0.2, 0.25) is 0 Å². The van der Waals surface area contributed by atoms with E-state index in [1.807, 2.05) is 6.92 Å². The largest absolute Gasteiger partial charge is 0.493 e. The lowest BCUT2D eigenvalue weighted by molar-refractivity contribution is -0.384. The van der Waals surface area contributed by atoms with Gasteiger partial charge in [-0.3, -0.25) is 24.7 Å². The van der Waals surface area contributed by atoms with Gasteiger partial charge in [0.1, 0.15) is 28.7 Å². The number of piperazine rings is 1. The van der Waals surface area contributed by atoms with E-state index in [4.69, 9.17) is 14.2 Å². The lowest BCUT2D eigenvalue weighted by Crippen LogP contribution is -2.68. The van der Waals surface area contributed by atoms with Crippen molar-refractivity contribution in [3.8, 4) is 23.0 Å². The van der Waals surface area contributed by atoms with Crippen LogP contribution in [0.4, 0.5) is 21.5 Å². The monoisotopic (exact) mass is 1060 g/mol. The summed E-state index contributed by atoms with van der Waals surface area (Å²) in [7, 11) is -1.31. The van der Waals surface area contributed by atoms with E-state index in [1.54, 1.807) is 33.3 Å². The number of aromatic nitrogens is 2. The lowest BCUT2D eigenvalue weighted by atomic mass is 9.59. The van der Waals surface area contributed by atoms with E-state index < -0.39 is 42.9 Å². The molecule has 4 heterocycles. The van der Waals surface area contributed by atoms with Crippen LogP contribution in [0.15, 0.2) is 96.2 Å². The number of pyridine rings is 1. The zero-order chi connectivity index (χ0) is 53.7. The molecule has 402 valence electrons. The summed E-state index contributed by atoms with van der Waals surface area (Å²) in [5.41, 5.74) is 4.90. The van der Waals surface area contributed by atoms with Crippen LogP contribution in [0.25, 0.3) is 11.0 Å². The average Bonchev–Trinajstić information content (AvgIpc) is 3.74. The smallest absolute Gasteiger partial charge is 0.293 e. The summed E-state index contributed by atoms with van der Waals surface area (Å²) in [6.45, 7) is 13.8. The third-order valence-electron chi connectivity index (χ3n) is 16.2. The molecule has 4 fully saturated rings. The van der Waals surface area contributed by atoms with Gasteiger partial charge in [-0.05, 0) is 123 Å². The summed E-state index contributed by atoms with van der Waals surface area (Å²) >= 11 is 0. The van der Waals surface area contributed by atoms with Crippen molar-refractivity contribution in [1.82, 2.24) is 24.5 Å². The molecule has 4 aromatic carbocycles. The quantitative estimate of drug-likeness (QED) is 0.0496. The third-order valence-corrected chi connectivity index (χ3v) is 17.5. The summed E-state index contributed by atoms with van der Waals surface area (Å²) in [6, 6.07) is 23.5. The molecule has 10 rings (SSSR count). The maximum atomic E-state index is 14.7. The van der Waals surface area contributed by atoms with Crippen molar-refractivity contribution < 1.29 is 41.8 Å². The van der Waals surface area contributed by atoms with Crippen molar-refractivity contribution in [2.45, 2.75) is 101 Å². The van der Waals surface area contributed by atoms with Gasteiger partial charge >= 0.3 is 0 Å². The molecule has 17 nitrogen and oxygen atoms in total. The van der Waals surface area contributed by atoms with Gasteiger partial charge in [-0.15, -0.1) is 0 Å². The van der Waals surface area contributed by atoms with E-state index >= 15 is 0 Å². The molecule has 2 aliphatic heterocycles.